The molecule has 0 spiro atoms. The molecule has 4 aliphatic rings. The van der Waals surface area contributed by atoms with Crippen molar-refractivity contribution in [1.82, 2.24) is 5.32 Å². The number of hydrogen-bond acceptors (Lipinski definition) is 4. The molecule has 4 bridgehead atoms. The minimum absolute atomic E-state index is 0.0795. The maximum Gasteiger partial charge on any atom is 0.258 e. The van der Waals surface area contributed by atoms with Gasteiger partial charge in [0, 0.05) is 6.04 Å². The van der Waals surface area contributed by atoms with E-state index >= 15 is 0 Å². The Morgan fingerprint density at radius 2 is 1.85 bits per heavy atom. The molecular weight excluding hydrogens is 342 g/mol. The Hall–Kier alpha value is -2.04. The third-order valence-electron chi connectivity index (χ3n) is 7.08. The lowest BCUT2D eigenvalue weighted by molar-refractivity contribution is -0.127. The topological polar surface area (TPSA) is 64.6 Å². The lowest BCUT2D eigenvalue weighted by Gasteiger charge is -2.59. The van der Waals surface area contributed by atoms with Gasteiger partial charge in [-0.2, -0.15) is 0 Å². The molecule has 27 heavy (non-hydrogen) atoms. The van der Waals surface area contributed by atoms with Crippen molar-refractivity contribution >= 4 is 12.2 Å². The van der Waals surface area contributed by atoms with Gasteiger partial charge in [-0.3, -0.25) is 9.59 Å². The molecule has 1 N–H and O–H groups in total. The van der Waals surface area contributed by atoms with Gasteiger partial charge in [-0.1, -0.05) is 0 Å². The van der Waals surface area contributed by atoms with Crippen LogP contribution in [0.4, 0.5) is 0 Å². The summed E-state index contributed by atoms with van der Waals surface area (Å²) in [5, 5.41) is 3.19. The van der Waals surface area contributed by atoms with E-state index < -0.39 is 0 Å². The summed E-state index contributed by atoms with van der Waals surface area (Å²) in [5.41, 5.74) is 0.662. The fourth-order valence-corrected chi connectivity index (χ4v) is 6.16. The Morgan fingerprint density at radius 1 is 1.22 bits per heavy atom. The first-order valence-corrected chi connectivity index (χ1v) is 10.1. The number of nitrogens with one attached hydrogen (secondary N) is 1. The molecule has 1 aromatic rings. The van der Waals surface area contributed by atoms with Crippen LogP contribution in [-0.4, -0.2) is 32.0 Å². The van der Waals surface area contributed by atoms with E-state index in [1.807, 2.05) is 0 Å². The van der Waals surface area contributed by atoms with Gasteiger partial charge in [0.15, 0.2) is 12.9 Å². The number of carbonyl (C=O) groups is 2. The summed E-state index contributed by atoms with van der Waals surface area (Å²) in [6.07, 6.45) is 8.69. The van der Waals surface area contributed by atoms with Gasteiger partial charge in [0.05, 0.1) is 12.7 Å². The van der Waals surface area contributed by atoms with Crippen molar-refractivity contribution in [3.05, 3.63) is 23.8 Å². The minimum Gasteiger partial charge on any atom is -0.497 e. The fourth-order valence-electron chi connectivity index (χ4n) is 6.16. The summed E-state index contributed by atoms with van der Waals surface area (Å²) in [6, 6.07) is 5.16. The van der Waals surface area contributed by atoms with E-state index in [1.165, 1.54) is 38.5 Å². The van der Waals surface area contributed by atoms with Crippen LogP contribution in [0.25, 0.3) is 0 Å². The standard InChI is InChI=1S/C22H29NO4/c1-14(22-9-15-5-16(10-22)7-17(6-15)11-22)23-21(25)13-27-20-4-3-19(26-2)8-18(20)12-24/h3-4,8,12,14-17H,5-7,9-11,13H2,1-2H3,(H,23,25). The zero-order valence-corrected chi connectivity index (χ0v) is 16.2. The highest BCUT2D eigenvalue weighted by atomic mass is 16.5. The number of hydrogen-bond donors (Lipinski definition) is 1. The van der Waals surface area contributed by atoms with Crippen LogP contribution in [0.15, 0.2) is 18.2 Å². The predicted octanol–water partition coefficient (Wildman–Crippen LogP) is 3.61. The Bertz CT molecular complexity index is 694. The average molecular weight is 371 g/mol. The van der Waals surface area contributed by atoms with Crippen molar-refractivity contribution < 1.29 is 19.1 Å². The van der Waals surface area contributed by atoms with Crippen LogP contribution >= 0.6 is 0 Å². The highest BCUT2D eigenvalue weighted by molar-refractivity contribution is 5.81. The van der Waals surface area contributed by atoms with E-state index in [0.717, 1.165) is 17.8 Å². The molecule has 0 radical (unpaired) electrons. The monoisotopic (exact) mass is 371 g/mol. The molecule has 0 saturated heterocycles. The van der Waals surface area contributed by atoms with Gasteiger partial charge in [-0.05, 0) is 86.8 Å². The zero-order valence-electron chi connectivity index (χ0n) is 16.2. The van der Waals surface area contributed by atoms with Gasteiger partial charge in [0.25, 0.3) is 5.91 Å². The first-order chi connectivity index (χ1) is 13.0. The number of amides is 1. The number of rotatable bonds is 7. The fraction of sp³-hybridized carbons (Fsp3) is 0.636. The molecule has 0 aromatic heterocycles. The maximum atomic E-state index is 12.5. The van der Waals surface area contributed by atoms with Crippen LogP contribution in [0, 0.1) is 23.2 Å². The van der Waals surface area contributed by atoms with E-state index in [2.05, 4.69) is 12.2 Å². The molecule has 5 nitrogen and oxygen atoms in total. The summed E-state index contributed by atoms with van der Waals surface area (Å²) in [5.74, 6) is 3.46. The van der Waals surface area contributed by atoms with Crippen LogP contribution in [0.1, 0.15) is 55.8 Å². The molecule has 5 rings (SSSR count). The van der Waals surface area contributed by atoms with Crippen LogP contribution < -0.4 is 14.8 Å². The molecular formula is C22H29NO4. The molecule has 5 heteroatoms. The summed E-state index contributed by atoms with van der Waals surface area (Å²) >= 11 is 0. The molecule has 0 aliphatic heterocycles. The van der Waals surface area contributed by atoms with E-state index in [0.29, 0.717) is 23.3 Å². The molecule has 0 heterocycles. The average Bonchev–Trinajstić information content (AvgIpc) is 2.65. The maximum absolute atomic E-state index is 12.5. The Balaban J connectivity index is 1.35. The van der Waals surface area contributed by atoms with Crippen LogP contribution in [0.2, 0.25) is 0 Å². The lowest BCUT2D eigenvalue weighted by atomic mass is 9.48. The summed E-state index contributed by atoms with van der Waals surface area (Å²) < 4.78 is 10.7. The SMILES string of the molecule is COc1ccc(OCC(=O)NC(C)C23CC4CC(CC(C4)C2)C3)c(C=O)c1. The molecule has 4 fully saturated rings. The third kappa shape index (κ3) is 3.56. The largest absolute Gasteiger partial charge is 0.497 e. The van der Waals surface area contributed by atoms with E-state index in [4.69, 9.17) is 9.47 Å². The highest BCUT2D eigenvalue weighted by Crippen LogP contribution is 2.61. The van der Waals surface area contributed by atoms with Crippen molar-refractivity contribution in [3.8, 4) is 11.5 Å². The van der Waals surface area contributed by atoms with Gasteiger partial charge in [-0.15, -0.1) is 0 Å². The number of benzene rings is 1. The van der Waals surface area contributed by atoms with Crippen molar-refractivity contribution in [1.29, 1.82) is 0 Å². The van der Waals surface area contributed by atoms with Crippen LogP contribution in [-0.2, 0) is 4.79 Å². The summed E-state index contributed by atoms with van der Waals surface area (Å²) in [6.45, 7) is 2.08. The van der Waals surface area contributed by atoms with Crippen LogP contribution in [0.3, 0.4) is 0 Å². The van der Waals surface area contributed by atoms with Crippen molar-refractivity contribution in [2.75, 3.05) is 13.7 Å². The molecule has 146 valence electrons. The smallest absolute Gasteiger partial charge is 0.258 e. The molecule has 1 amide bonds. The van der Waals surface area contributed by atoms with Gasteiger partial charge in [-0.25, -0.2) is 0 Å². The molecule has 1 aromatic carbocycles. The van der Waals surface area contributed by atoms with E-state index in [9.17, 15) is 9.59 Å². The third-order valence-corrected chi connectivity index (χ3v) is 7.08. The van der Waals surface area contributed by atoms with Crippen LogP contribution in [0.5, 0.6) is 11.5 Å². The molecule has 4 aliphatic carbocycles. The predicted molar refractivity (Wildman–Crippen MR) is 102 cm³/mol. The molecule has 1 atom stereocenters. The zero-order chi connectivity index (χ0) is 19.0. The molecule has 4 saturated carbocycles. The van der Waals surface area contributed by atoms with E-state index in [-0.39, 0.29) is 24.0 Å². The Morgan fingerprint density at radius 3 is 2.41 bits per heavy atom. The Kier molecular flexibility index (Phi) is 4.87. The lowest BCUT2D eigenvalue weighted by Crippen LogP contribution is -2.56. The summed E-state index contributed by atoms with van der Waals surface area (Å²) in [4.78, 5) is 23.7. The highest BCUT2D eigenvalue weighted by Gasteiger charge is 2.53. The summed E-state index contributed by atoms with van der Waals surface area (Å²) in [7, 11) is 1.55. The second kappa shape index (κ2) is 7.17. The Labute approximate surface area is 160 Å². The van der Waals surface area contributed by atoms with Gasteiger partial charge in [0.1, 0.15) is 11.5 Å². The second-order valence-corrected chi connectivity index (χ2v) is 8.88. The van der Waals surface area contributed by atoms with Crippen molar-refractivity contribution in [2.24, 2.45) is 23.2 Å². The van der Waals surface area contributed by atoms with Gasteiger partial charge in [0.2, 0.25) is 0 Å². The first kappa shape index (κ1) is 18.3. The first-order valence-electron chi connectivity index (χ1n) is 10.1. The second-order valence-electron chi connectivity index (χ2n) is 8.88. The van der Waals surface area contributed by atoms with E-state index in [1.54, 1.807) is 25.3 Å². The number of carbonyl (C=O) groups excluding carboxylic acids is 2. The van der Waals surface area contributed by atoms with Crippen molar-refractivity contribution in [2.45, 2.75) is 51.5 Å². The molecule has 1 unspecified atom stereocenters. The number of ether oxygens (including phenoxy) is 2. The number of aldehydes is 1. The van der Waals surface area contributed by atoms with Gasteiger partial charge < -0.3 is 14.8 Å². The minimum atomic E-state index is -0.120. The normalized spacial score (nSPS) is 32.0. The van der Waals surface area contributed by atoms with Gasteiger partial charge >= 0.3 is 0 Å². The van der Waals surface area contributed by atoms with Crippen molar-refractivity contribution in [3.63, 3.8) is 0 Å². The quantitative estimate of drug-likeness (QED) is 0.744. The number of methoxy groups -OCH3 is 1.